The molecular weight excluding hydrogens is 424 g/mol. The number of likely N-dealkylation sites (N-methyl/N-ethyl adjacent to an activating group) is 1. The van der Waals surface area contributed by atoms with Crippen LogP contribution >= 0.6 is 0 Å². The molecule has 0 saturated carbocycles. The lowest BCUT2D eigenvalue weighted by atomic mass is 10.0. The summed E-state index contributed by atoms with van der Waals surface area (Å²) in [5.41, 5.74) is 4.37. The molecule has 0 aromatic heterocycles. The Balaban J connectivity index is 1.79. The zero-order chi connectivity index (χ0) is 24.1. The molecule has 4 rings (SSSR count). The second-order valence-corrected chi connectivity index (χ2v) is 8.15. The third kappa shape index (κ3) is 4.60. The number of rotatable bonds is 9. The molecule has 1 aliphatic rings. The summed E-state index contributed by atoms with van der Waals surface area (Å²) in [6.45, 7) is 7.70. The molecule has 0 fully saturated rings. The number of carbonyl (C=O) groups is 2. The maximum atomic E-state index is 13.8. The maximum absolute atomic E-state index is 13.8. The number of anilines is 1. The molecule has 0 atom stereocenters. The highest BCUT2D eigenvalue weighted by Gasteiger charge is 2.42. The van der Waals surface area contributed by atoms with Crippen molar-refractivity contribution in [3.05, 3.63) is 101 Å². The van der Waals surface area contributed by atoms with E-state index in [0.717, 1.165) is 23.3 Å². The monoisotopic (exact) mass is 454 g/mol. The predicted octanol–water partition coefficient (Wildman–Crippen LogP) is 5.45. The van der Waals surface area contributed by atoms with Crippen LogP contribution in [0.5, 0.6) is 5.75 Å². The molecular formula is C29H30N2O3. The van der Waals surface area contributed by atoms with Crippen LogP contribution in [0.25, 0.3) is 5.57 Å². The summed E-state index contributed by atoms with van der Waals surface area (Å²) in [6.07, 6.45) is 0.893. The van der Waals surface area contributed by atoms with E-state index in [0.29, 0.717) is 42.2 Å². The van der Waals surface area contributed by atoms with Crippen LogP contribution < -0.4 is 9.64 Å². The maximum Gasteiger partial charge on any atom is 0.282 e. The Bertz CT molecular complexity index is 1180. The Labute approximate surface area is 201 Å². The number of hydrogen-bond donors (Lipinski definition) is 0. The number of hydrogen-bond acceptors (Lipinski definition) is 4. The van der Waals surface area contributed by atoms with Crippen LogP contribution in [-0.2, 0) is 22.6 Å². The van der Waals surface area contributed by atoms with Crippen molar-refractivity contribution in [3.8, 4) is 5.75 Å². The summed E-state index contributed by atoms with van der Waals surface area (Å²) in [4.78, 5) is 30.8. The normalized spacial score (nSPS) is 13.6. The summed E-state index contributed by atoms with van der Waals surface area (Å²) in [6, 6.07) is 25.0. The lowest BCUT2D eigenvalue weighted by Gasteiger charge is -2.25. The van der Waals surface area contributed by atoms with Crippen LogP contribution in [-0.4, -0.2) is 29.9 Å². The van der Waals surface area contributed by atoms with Gasteiger partial charge in [0.05, 0.1) is 17.9 Å². The van der Waals surface area contributed by atoms with Gasteiger partial charge in [-0.25, -0.2) is 4.90 Å². The Morgan fingerprint density at radius 3 is 2.03 bits per heavy atom. The van der Waals surface area contributed by atoms with Crippen molar-refractivity contribution in [1.82, 2.24) is 4.90 Å². The van der Waals surface area contributed by atoms with Gasteiger partial charge in [-0.1, -0.05) is 61.5 Å². The minimum absolute atomic E-state index is 0.295. The van der Waals surface area contributed by atoms with Crippen LogP contribution in [0.1, 0.15) is 37.5 Å². The van der Waals surface area contributed by atoms with Crippen LogP contribution in [0.3, 0.4) is 0 Å². The van der Waals surface area contributed by atoms with Crippen LogP contribution in [0.4, 0.5) is 5.69 Å². The Morgan fingerprint density at radius 2 is 1.44 bits per heavy atom. The molecule has 0 unspecified atom stereocenters. The molecule has 34 heavy (non-hydrogen) atoms. The van der Waals surface area contributed by atoms with Gasteiger partial charge >= 0.3 is 0 Å². The van der Waals surface area contributed by atoms with Crippen molar-refractivity contribution < 1.29 is 14.3 Å². The van der Waals surface area contributed by atoms with Crippen molar-refractivity contribution in [2.75, 3.05) is 18.1 Å². The summed E-state index contributed by atoms with van der Waals surface area (Å²) in [7, 11) is 0. The summed E-state index contributed by atoms with van der Waals surface area (Å²) in [5.74, 6) is 0.129. The molecule has 0 saturated heterocycles. The number of carbonyl (C=O) groups excluding carboxylic acids is 2. The average Bonchev–Trinajstić information content (AvgIpc) is 3.13. The molecule has 0 bridgehead atoms. The number of ether oxygens (including phenoxy) is 1. The first-order valence-corrected chi connectivity index (χ1v) is 11.8. The standard InChI is InChI=1S/C29H30N2O3/c1-4-21-12-16-24(17-13-21)31-28(32)26(23-14-18-25(19-15-23)34-6-3)27(29(31)33)30(5-2)20-22-10-8-7-9-11-22/h7-19H,4-6,20H2,1-3H3. The fraction of sp³-hybridized carbons (Fsp3) is 0.241. The van der Waals surface area contributed by atoms with Crippen molar-refractivity contribution in [1.29, 1.82) is 0 Å². The predicted molar refractivity (Wildman–Crippen MR) is 135 cm³/mol. The SMILES string of the molecule is CCOc1ccc(C2=C(N(CC)Cc3ccccc3)C(=O)N(c3ccc(CC)cc3)C2=O)cc1. The molecule has 1 heterocycles. The van der Waals surface area contributed by atoms with E-state index in [2.05, 4.69) is 6.92 Å². The van der Waals surface area contributed by atoms with Gasteiger partial charge in [-0.05, 0) is 61.2 Å². The number of benzene rings is 3. The highest BCUT2D eigenvalue weighted by molar-refractivity contribution is 6.45. The first-order chi connectivity index (χ1) is 16.6. The van der Waals surface area contributed by atoms with Gasteiger partial charge in [-0.3, -0.25) is 9.59 Å². The number of imide groups is 1. The van der Waals surface area contributed by atoms with E-state index in [1.807, 2.05) is 97.6 Å². The Hall–Kier alpha value is -3.86. The van der Waals surface area contributed by atoms with Crippen molar-refractivity contribution in [2.24, 2.45) is 0 Å². The molecule has 0 aliphatic carbocycles. The lowest BCUT2D eigenvalue weighted by Crippen LogP contribution is -2.35. The van der Waals surface area contributed by atoms with E-state index >= 15 is 0 Å². The van der Waals surface area contributed by atoms with Gasteiger partial charge in [-0.15, -0.1) is 0 Å². The average molecular weight is 455 g/mol. The smallest absolute Gasteiger partial charge is 0.282 e. The topological polar surface area (TPSA) is 49.9 Å². The third-order valence-electron chi connectivity index (χ3n) is 6.03. The summed E-state index contributed by atoms with van der Waals surface area (Å²) in [5, 5.41) is 0. The third-order valence-corrected chi connectivity index (χ3v) is 6.03. The molecule has 0 spiro atoms. The van der Waals surface area contributed by atoms with E-state index in [4.69, 9.17) is 4.74 Å². The number of nitrogens with zero attached hydrogens (tertiary/aromatic N) is 2. The summed E-state index contributed by atoms with van der Waals surface area (Å²) >= 11 is 0. The second kappa shape index (κ2) is 10.4. The molecule has 1 aliphatic heterocycles. The first-order valence-electron chi connectivity index (χ1n) is 11.8. The van der Waals surface area contributed by atoms with E-state index in [1.165, 1.54) is 4.90 Å². The van der Waals surface area contributed by atoms with Crippen LogP contribution in [0.15, 0.2) is 84.6 Å². The molecule has 3 aromatic rings. The van der Waals surface area contributed by atoms with Crippen molar-refractivity contribution in [2.45, 2.75) is 33.7 Å². The second-order valence-electron chi connectivity index (χ2n) is 8.15. The molecule has 174 valence electrons. The zero-order valence-electron chi connectivity index (χ0n) is 20.0. The van der Waals surface area contributed by atoms with E-state index in [1.54, 1.807) is 0 Å². The molecule has 3 aromatic carbocycles. The van der Waals surface area contributed by atoms with Gasteiger partial charge in [0.2, 0.25) is 0 Å². The number of aryl methyl sites for hydroxylation is 1. The fourth-order valence-corrected chi connectivity index (χ4v) is 4.22. The van der Waals surface area contributed by atoms with Gasteiger partial charge < -0.3 is 9.64 Å². The zero-order valence-corrected chi connectivity index (χ0v) is 20.0. The molecule has 2 amide bonds. The van der Waals surface area contributed by atoms with Crippen molar-refractivity contribution >= 4 is 23.1 Å². The quantitative estimate of drug-likeness (QED) is 0.403. The molecule has 0 N–H and O–H groups in total. The minimum Gasteiger partial charge on any atom is -0.494 e. The largest absolute Gasteiger partial charge is 0.494 e. The van der Waals surface area contributed by atoms with Crippen molar-refractivity contribution in [3.63, 3.8) is 0 Å². The van der Waals surface area contributed by atoms with Crippen LogP contribution in [0, 0.1) is 0 Å². The summed E-state index contributed by atoms with van der Waals surface area (Å²) < 4.78 is 5.57. The molecule has 5 nitrogen and oxygen atoms in total. The molecule has 5 heteroatoms. The first kappa shape index (κ1) is 23.3. The Kier molecular flexibility index (Phi) is 7.12. The highest BCUT2D eigenvalue weighted by atomic mass is 16.5. The highest BCUT2D eigenvalue weighted by Crippen LogP contribution is 2.36. The van der Waals surface area contributed by atoms with Gasteiger partial charge in [-0.2, -0.15) is 0 Å². The van der Waals surface area contributed by atoms with Gasteiger partial charge in [0.1, 0.15) is 11.4 Å². The van der Waals surface area contributed by atoms with E-state index in [9.17, 15) is 9.59 Å². The number of amides is 2. The molecule has 0 radical (unpaired) electrons. The van der Waals surface area contributed by atoms with Gasteiger partial charge in [0.15, 0.2) is 0 Å². The van der Waals surface area contributed by atoms with Gasteiger partial charge in [0, 0.05) is 13.1 Å². The Morgan fingerprint density at radius 1 is 0.765 bits per heavy atom. The van der Waals surface area contributed by atoms with Crippen LogP contribution in [0.2, 0.25) is 0 Å². The van der Waals surface area contributed by atoms with Gasteiger partial charge in [0.25, 0.3) is 11.8 Å². The fourth-order valence-electron chi connectivity index (χ4n) is 4.22. The lowest BCUT2D eigenvalue weighted by molar-refractivity contribution is -0.120. The minimum atomic E-state index is -0.306. The van der Waals surface area contributed by atoms with E-state index < -0.39 is 0 Å². The van der Waals surface area contributed by atoms with E-state index in [-0.39, 0.29) is 11.8 Å².